The Morgan fingerprint density at radius 3 is 1.48 bits per heavy atom. The Bertz CT molecular complexity index is 2410. The topological polar surface area (TPSA) is 192 Å². The minimum absolute atomic E-state index is 0.0739. The molecule has 0 spiro atoms. The summed E-state index contributed by atoms with van der Waals surface area (Å²) in [5.41, 5.74) is 7.53. The number of hydrogen-bond donors (Lipinski definition) is 2. The number of nitrogen functional groups attached to an aromatic ring is 1. The molecule has 0 radical (unpaired) electrons. The number of carbonyl (C=O) groups excluding carboxylic acids is 1. The van der Waals surface area contributed by atoms with Gasteiger partial charge in [0, 0.05) is 98.2 Å². The monoisotopic (exact) mass is 859 g/mol. The van der Waals surface area contributed by atoms with Gasteiger partial charge in [0.1, 0.15) is 17.1 Å². The molecule has 17 heteroatoms. The normalized spacial score (nSPS) is 15.4. The zero-order chi connectivity index (χ0) is 43.4. The molecule has 16 nitrogen and oxygen atoms in total. The highest BCUT2D eigenvalue weighted by Gasteiger charge is 2.19. The molecule has 3 aromatic heterocycles. The number of anilines is 5. The first kappa shape index (κ1) is 44.5. The molecule has 3 aliphatic rings. The summed E-state index contributed by atoms with van der Waals surface area (Å²) in [7, 11) is 0. The summed E-state index contributed by atoms with van der Waals surface area (Å²) in [6, 6.07) is 23.0. The summed E-state index contributed by atoms with van der Waals surface area (Å²) < 4.78 is 38.1. The van der Waals surface area contributed by atoms with E-state index in [-0.39, 0.29) is 21.5 Å². The van der Waals surface area contributed by atoms with E-state index in [1.165, 1.54) is 36.4 Å². The highest BCUT2D eigenvalue weighted by atomic mass is 35.5. The van der Waals surface area contributed by atoms with E-state index in [1.54, 1.807) is 51.1 Å². The maximum Gasteiger partial charge on any atom is 0.412 e. The third-order valence-corrected chi connectivity index (χ3v) is 9.35. The third kappa shape index (κ3) is 13.7. The third-order valence-electron chi connectivity index (χ3n) is 9.16. The quantitative estimate of drug-likeness (QED) is 0.180. The Hall–Kier alpha value is -6.07. The van der Waals surface area contributed by atoms with Gasteiger partial charge in [0.05, 0.1) is 39.6 Å². The first-order valence-corrected chi connectivity index (χ1v) is 20.2. The molecule has 6 heterocycles. The van der Waals surface area contributed by atoms with Gasteiger partial charge >= 0.3 is 6.09 Å². The molecular weight excluding hydrogens is 810 g/mol. The van der Waals surface area contributed by atoms with E-state index in [0.717, 1.165) is 31.7 Å². The Balaban J connectivity index is 0.000000161. The number of nitrogens with zero attached hydrogens (tertiary/aromatic N) is 3. The van der Waals surface area contributed by atoms with Gasteiger partial charge in [0.15, 0.2) is 33.3 Å². The summed E-state index contributed by atoms with van der Waals surface area (Å²) in [5, 5.41) is 2.82. The van der Waals surface area contributed by atoms with E-state index < -0.39 is 11.7 Å². The first-order chi connectivity index (χ1) is 29.3. The van der Waals surface area contributed by atoms with Gasteiger partial charge in [-0.15, -0.1) is 0 Å². The van der Waals surface area contributed by atoms with Gasteiger partial charge in [0.25, 0.3) is 0 Å². The van der Waals surface area contributed by atoms with Gasteiger partial charge in [-0.05, 0) is 56.6 Å². The Kier molecular flexibility index (Phi) is 15.3. The van der Waals surface area contributed by atoms with E-state index in [2.05, 4.69) is 5.32 Å². The Morgan fingerprint density at radius 1 is 0.607 bits per heavy atom. The largest absolute Gasteiger partial charge is 0.444 e. The summed E-state index contributed by atoms with van der Waals surface area (Å²) in [5.74, 6) is 2.60. The number of benzene rings is 2. The molecule has 0 saturated carbocycles. The fourth-order valence-electron chi connectivity index (χ4n) is 6.33. The van der Waals surface area contributed by atoms with Crippen molar-refractivity contribution >= 4 is 46.7 Å². The van der Waals surface area contributed by atoms with E-state index in [9.17, 15) is 19.2 Å². The van der Waals surface area contributed by atoms with Crippen LogP contribution in [0.15, 0.2) is 113 Å². The number of halogens is 1. The van der Waals surface area contributed by atoms with Crippen molar-refractivity contribution < 1.29 is 37.0 Å². The number of ether oxygens (including phenoxy) is 4. The number of amides is 1. The molecule has 8 rings (SSSR count). The lowest BCUT2D eigenvalue weighted by Crippen LogP contribution is -2.36. The van der Waals surface area contributed by atoms with E-state index in [1.807, 2.05) is 32.9 Å². The molecule has 3 saturated heterocycles. The second kappa shape index (κ2) is 20.9. The second-order valence-corrected chi connectivity index (χ2v) is 15.4. The summed E-state index contributed by atoms with van der Waals surface area (Å²) >= 11 is 5.64. The highest BCUT2D eigenvalue weighted by Crippen LogP contribution is 2.27. The lowest BCUT2D eigenvalue weighted by atomic mass is 10.1. The summed E-state index contributed by atoms with van der Waals surface area (Å²) in [6.07, 6.45) is -0.539. The van der Waals surface area contributed by atoms with Crippen LogP contribution >= 0.6 is 11.6 Å². The second-order valence-electron chi connectivity index (χ2n) is 15.1. The molecule has 324 valence electrons. The standard InChI is InChI=1S/C20H24N2O5.C15H16N2O3.C9H10ClNO3/c1-20(2,3)27-19(24)21-15-6-4-5-14(11-15)17-12-16(23)13-18(26-17)22-7-9-25-10-8-22;16-12-3-1-2-11(8-12)14-9-13(18)10-15(20-14)17-4-6-19-7-5-17;10-8-5-7(12)6-9(14-8)11-1-3-13-4-2-11/h4-6,11-13H,7-10H2,1-3H3,(H,21,24);1-3,8-10H,4-7,16H2;5-6H,1-4H2. The van der Waals surface area contributed by atoms with Crippen LogP contribution in [0.1, 0.15) is 20.8 Å². The van der Waals surface area contributed by atoms with Crippen molar-refractivity contribution in [3.63, 3.8) is 0 Å². The van der Waals surface area contributed by atoms with Crippen molar-refractivity contribution in [2.45, 2.75) is 26.4 Å². The zero-order valence-corrected chi connectivity index (χ0v) is 35.1. The molecule has 0 bridgehead atoms. The maximum atomic E-state index is 12.1. The van der Waals surface area contributed by atoms with Gasteiger partial charge in [-0.2, -0.15) is 0 Å². The molecular formula is C44H50ClN5O11. The van der Waals surface area contributed by atoms with Gasteiger partial charge in [0.2, 0.25) is 5.88 Å². The molecule has 0 aliphatic carbocycles. The van der Waals surface area contributed by atoms with E-state index in [4.69, 9.17) is 49.5 Å². The number of morpholine rings is 3. The van der Waals surface area contributed by atoms with Crippen LogP contribution in [0.3, 0.4) is 0 Å². The molecule has 3 fully saturated rings. The van der Waals surface area contributed by atoms with Crippen LogP contribution in [0, 0.1) is 0 Å². The number of nitrogens with two attached hydrogens (primary N) is 1. The van der Waals surface area contributed by atoms with E-state index >= 15 is 0 Å². The summed E-state index contributed by atoms with van der Waals surface area (Å²) in [6.45, 7) is 13.4. The van der Waals surface area contributed by atoms with Crippen molar-refractivity contribution in [1.29, 1.82) is 0 Å². The maximum absolute atomic E-state index is 12.1. The predicted octanol–water partition coefficient (Wildman–Crippen LogP) is 6.35. The molecule has 3 N–H and O–H groups in total. The SMILES string of the molecule is CC(C)(C)OC(=O)Nc1cccc(-c2cc(=O)cc(N3CCOCC3)o2)c1.Nc1cccc(-c2cc(=O)cc(N3CCOCC3)o2)c1.O=c1cc(Cl)oc(N2CCOCC2)c1. The van der Waals surface area contributed by atoms with Crippen molar-refractivity contribution in [3.05, 3.63) is 121 Å². The first-order valence-electron chi connectivity index (χ1n) is 19.8. The van der Waals surface area contributed by atoms with Crippen LogP contribution in [0.4, 0.5) is 33.8 Å². The zero-order valence-electron chi connectivity index (χ0n) is 34.4. The fourth-order valence-corrected chi connectivity index (χ4v) is 6.52. The smallest absolute Gasteiger partial charge is 0.412 e. The molecule has 1 amide bonds. The number of carbonyl (C=O) groups is 1. The van der Waals surface area contributed by atoms with Crippen molar-refractivity contribution in [1.82, 2.24) is 0 Å². The minimum Gasteiger partial charge on any atom is -0.444 e. The van der Waals surface area contributed by atoms with Crippen LogP contribution < -0.4 is 42.0 Å². The fraction of sp³-hybridized carbons (Fsp3) is 0.364. The lowest BCUT2D eigenvalue weighted by molar-refractivity contribution is 0.0636. The number of rotatable bonds is 6. The lowest BCUT2D eigenvalue weighted by Gasteiger charge is -2.27. The Morgan fingerprint density at radius 2 is 1.03 bits per heavy atom. The minimum atomic E-state index is -0.582. The number of nitrogens with one attached hydrogen (secondary N) is 1. The molecule has 0 unspecified atom stereocenters. The molecule has 2 aromatic carbocycles. The van der Waals surface area contributed by atoms with Gasteiger partial charge in [-0.1, -0.05) is 24.3 Å². The van der Waals surface area contributed by atoms with Gasteiger partial charge < -0.3 is 52.6 Å². The molecule has 0 atom stereocenters. The molecule has 3 aliphatic heterocycles. The highest BCUT2D eigenvalue weighted by molar-refractivity contribution is 6.28. The molecule has 5 aromatic rings. The van der Waals surface area contributed by atoms with Gasteiger partial charge in [-0.25, -0.2) is 4.79 Å². The predicted molar refractivity (Wildman–Crippen MR) is 234 cm³/mol. The van der Waals surface area contributed by atoms with Crippen LogP contribution in [0.2, 0.25) is 5.22 Å². The van der Waals surface area contributed by atoms with Crippen molar-refractivity contribution in [3.8, 4) is 22.6 Å². The Labute approximate surface area is 357 Å². The molecule has 61 heavy (non-hydrogen) atoms. The van der Waals surface area contributed by atoms with Crippen LogP contribution in [0.5, 0.6) is 0 Å². The van der Waals surface area contributed by atoms with Crippen LogP contribution in [-0.2, 0) is 18.9 Å². The van der Waals surface area contributed by atoms with Crippen LogP contribution in [0.25, 0.3) is 22.6 Å². The van der Waals surface area contributed by atoms with Crippen molar-refractivity contribution in [2.24, 2.45) is 0 Å². The van der Waals surface area contributed by atoms with Crippen LogP contribution in [-0.4, -0.2) is 90.6 Å². The summed E-state index contributed by atoms with van der Waals surface area (Å²) in [4.78, 5) is 53.1. The number of hydrogen-bond acceptors (Lipinski definition) is 15. The van der Waals surface area contributed by atoms with Gasteiger partial charge in [-0.3, -0.25) is 19.7 Å². The average Bonchev–Trinajstić information content (AvgIpc) is 3.24. The van der Waals surface area contributed by atoms with E-state index in [0.29, 0.717) is 98.8 Å². The van der Waals surface area contributed by atoms with Crippen molar-refractivity contribution in [2.75, 3.05) is 105 Å². The average molecular weight is 860 g/mol.